The highest BCUT2D eigenvalue weighted by Crippen LogP contribution is 2.23. The molecular weight excluding hydrogens is 348 g/mol. The molecule has 0 aliphatic carbocycles. The van der Waals surface area contributed by atoms with Gasteiger partial charge in [-0.05, 0) is 42.8 Å². The summed E-state index contributed by atoms with van der Waals surface area (Å²) < 4.78 is 20.9. The Kier molecular flexibility index (Phi) is 7.19. The van der Waals surface area contributed by atoms with E-state index in [1.54, 1.807) is 32.4 Å². The van der Waals surface area contributed by atoms with Crippen LogP contribution in [0.3, 0.4) is 0 Å². The predicted molar refractivity (Wildman–Crippen MR) is 103 cm³/mol. The number of hydrogen-bond acceptors (Lipinski definition) is 6. The number of ether oxygens (including phenoxy) is 4. The molecule has 0 aromatic heterocycles. The van der Waals surface area contributed by atoms with Gasteiger partial charge in [-0.3, -0.25) is 4.79 Å². The minimum absolute atomic E-state index is 0.364. The molecule has 0 fully saturated rings. The molecule has 1 amide bonds. The molecule has 0 saturated carbocycles. The molecule has 0 atom stereocenters. The summed E-state index contributed by atoms with van der Waals surface area (Å²) in [5.41, 5.74) is 5.35. The van der Waals surface area contributed by atoms with E-state index in [0.29, 0.717) is 29.4 Å². The lowest BCUT2D eigenvalue weighted by molar-refractivity contribution is 0.0954. The molecule has 2 aromatic rings. The number of carbonyl (C=O) groups is 1. The van der Waals surface area contributed by atoms with Gasteiger partial charge in [0.05, 0.1) is 33.6 Å². The van der Waals surface area contributed by atoms with E-state index in [2.05, 4.69) is 10.5 Å². The first-order chi connectivity index (χ1) is 13.0. The Bertz CT molecular complexity index is 811. The molecule has 0 spiro atoms. The maximum absolute atomic E-state index is 12.4. The summed E-state index contributed by atoms with van der Waals surface area (Å²) in [5, 5.41) is 4.19. The number of amides is 1. The lowest BCUT2D eigenvalue weighted by Crippen LogP contribution is -2.19. The maximum atomic E-state index is 12.4. The van der Waals surface area contributed by atoms with Crippen LogP contribution >= 0.6 is 0 Å². The van der Waals surface area contributed by atoms with Gasteiger partial charge < -0.3 is 18.9 Å². The van der Waals surface area contributed by atoms with Crippen molar-refractivity contribution in [2.45, 2.75) is 13.5 Å². The van der Waals surface area contributed by atoms with Crippen molar-refractivity contribution in [3.8, 4) is 17.2 Å². The van der Waals surface area contributed by atoms with Gasteiger partial charge >= 0.3 is 0 Å². The first kappa shape index (κ1) is 20.3. The number of benzene rings is 2. The van der Waals surface area contributed by atoms with Gasteiger partial charge in [0, 0.05) is 24.3 Å². The van der Waals surface area contributed by atoms with E-state index in [1.807, 2.05) is 25.1 Å². The normalized spacial score (nSPS) is 11.1. The standard InChI is InChI=1S/C20H24N2O5/c1-13(14-6-7-19(27-5)16(8-14)12-24-2)21-22-20(23)15-9-17(25-3)11-18(10-15)26-4/h6-11H,12H2,1-5H3,(H,22,23)/b21-13-. The summed E-state index contributed by atoms with van der Waals surface area (Å²) in [5.74, 6) is 1.43. The van der Waals surface area contributed by atoms with E-state index in [4.69, 9.17) is 18.9 Å². The third-order valence-corrected chi connectivity index (χ3v) is 3.94. The molecule has 2 aromatic carbocycles. The summed E-state index contributed by atoms with van der Waals surface area (Å²) in [6.07, 6.45) is 0. The Morgan fingerprint density at radius 2 is 1.59 bits per heavy atom. The molecule has 7 nitrogen and oxygen atoms in total. The van der Waals surface area contributed by atoms with E-state index < -0.39 is 0 Å². The summed E-state index contributed by atoms with van der Waals surface area (Å²) >= 11 is 0. The molecule has 0 aliphatic heterocycles. The molecule has 144 valence electrons. The van der Waals surface area contributed by atoms with Crippen LogP contribution in [0.1, 0.15) is 28.4 Å². The number of carbonyl (C=O) groups excluding carboxylic acids is 1. The quantitative estimate of drug-likeness (QED) is 0.569. The van der Waals surface area contributed by atoms with Gasteiger partial charge in [0.1, 0.15) is 17.2 Å². The third kappa shape index (κ3) is 5.21. The van der Waals surface area contributed by atoms with E-state index in [1.165, 1.54) is 14.2 Å². The van der Waals surface area contributed by atoms with Crippen molar-refractivity contribution >= 4 is 11.6 Å². The Morgan fingerprint density at radius 1 is 0.926 bits per heavy atom. The van der Waals surface area contributed by atoms with Gasteiger partial charge in [-0.1, -0.05) is 0 Å². The van der Waals surface area contributed by atoms with Crippen molar-refractivity contribution in [3.63, 3.8) is 0 Å². The fraction of sp³-hybridized carbons (Fsp3) is 0.300. The van der Waals surface area contributed by atoms with Crippen molar-refractivity contribution in [2.24, 2.45) is 5.10 Å². The zero-order chi connectivity index (χ0) is 19.8. The second kappa shape index (κ2) is 9.59. The lowest BCUT2D eigenvalue weighted by atomic mass is 10.1. The van der Waals surface area contributed by atoms with Crippen LogP contribution in [0.25, 0.3) is 0 Å². The highest BCUT2D eigenvalue weighted by atomic mass is 16.5. The Balaban J connectivity index is 2.19. The number of hydrazone groups is 1. The van der Waals surface area contributed by atoms with Gasteiger partial charge in [0.15, 0.2) is 0 Å². The number of nitrogens with zero attached hydrogens (tertiary/aromatic N) is 1. The second-order valence-electron chi connectivity index (χ2n) is 5.70. The lowest BCUT2D eigenvalue weighted by Gasteiger charge is -2.10. The molecule has 1 N–H and O–H groups in total. The summed E-state index contributed by atoms with van der Waals surface area (Å²) in [6.45, 7) is 2.23. The first-order valence-corrected chi connectivity index (χ1v) is 8.26. The molecule has 0 radical (unpaired) electrons. The van der Waals surface area contributed by atoms with E-state index >= 15 is 0 Å². The molecule has 0 bridgehead atoms. The highest BCUT2D eigenvalue weighted by Gasteiger charge is 2.10. The van der Waals surface area contributed by atoms with Crippen LogP contribution in [0, 0.1) is 0 Å². The average molecular weight is 372 g/mol. The minimum atomic E-state index is -0.364. The van der Waals surface area contributed by atoms with E-state index in [0.717, 1.165) is 16.9 Å². The summed E-state index contributed by atoms with van der Waals surface area (Å²) in [6, 6.07) is 10.6. The molecule has 0 heterocycles. The highest BCUT2D eigenvalue weighted by molar-refractivity contribution is 6.01. The molecule has 0 saturated heterocycles. The number of methoxy groups -OCH3 is 4. The van der Waals surface area contributed by atoms with Crippen LogP contribution in [0.15, 0.2) is 41.5 Å². The Hall–Kier alpha value is -3.06. The zero-order valence-corrected chi connectivity index (χ0v) is 16.2. The fourth-order valence-electron chi connectivity index (χ4n) is 2.47. The minimum Gasteiger partial charge on any atom is -0.497 e. The summed E-state index contributed by atoms with van der Waals surface area (Å²) in [7, 11) is 6.29. The van der Waals surface area contributed by atoms with Crippen molar-refractivity contribution in [2.75, 3.05) is 28.4 Å². The van der Waals surface area contributed by atoms with Gasteiger partial charge in [0.25, 0.3) is 5.91 Å². The van der Waals surface area contributed by atoms with Crippen molar-refractivity contribution in [3.05, 3.63) is 53.1 Å². The molecule has 27 heavy (non-hydrogen) atoms. The van der Waals surface area contributed by atoms with Crippen LogP contribution in [-0.2, 0) is 11.3 Å². The van der Waals surface area contributed by atoms with E-state index in [-0.39, 0.29) is 5.91 Å². The van der Waals surface area contributed by atoms with Crippen LogP contribution in [0.5, 0.6) is 17.2 Å². The Morgan fingerprint density at radius 3 is 2.15 bits per heavy atom. The third-order valence-electron chi connectivity index (χ3n) is 3.94. The van der Waals surface area contributed by atoms with Crippen LogP contribution < -0.4 is 19.6 Å². The fourth-order valence-corrected chi connectivity index (χ4v) is 2.47. The van der Waals surface area contributed by atoms with Gasteiger partial charge in [-0.25, -0.2) is 5.43 Å². The van der Waals surface area contributed by atoms with E-state index in [9.17, 15) is 4.79 Å². The smallest absolute Gasteiger partial charge is 0.271 e. The van der Waals surface area contributed by atoms with Gasteiger partial charge in [-0.15, -0.1) is 0 Å². The zero-order valence-electron chi connectivity index (χ0n) is 16.2. The second-order valence-corrected chi connectivity index (χ2v) is 5.70. The number of rotatable bonds is 8. The van der Waals surface area contributed by atoms with Crippen molar-refractivity contribution in [1.82, 2.24) is 5.43 Å². The van der Waals surface area contributed by atoms with Crippen molar-refractivity contribution < 1.29 is 23.7 Å². The molecule has 0 unspecified atom stereocenters. The van der Waals surface area contributed by atoms with Crippen LogP contribution in [0.2, 0.25) is 0 Å². The molecule has 7 heteroatoms. The molecule has 0 aliphatic rings. The average Bonchev–Trinajstić information content (AvgIpc) is 2.71. The largest absolute Gasteiger partial charge is 0.497 e. The van der Waals surface area contributed by atoms with Crippen molar-refractivity contribution in [1.29, 1.82) is 0 Å². The predicted octanol–water partition coefficient (Wildman–Crippen LogP) is 3.01. The summed E-state index contributed by atoms with van der Waals surface area (Å²) in [4.78, 5) is 12.4. The first-order valence-electron chi connectivity index (χ1n) is 8.26. The van der Waals surface area contributed by atoms with Gasteiger partial charge in [0.2, 0.25) is 0 Å². The molecular formula is C20H24N2O5. The Labute approximate surface area is 158 Å². The maximum Gasteiger partial charge on any atom is 0.271 e. The van der Waals surface area contributed by atoms with Crippen LogP contribution in [-0.4, -0.2) is 40.1 Å². The SMILES string of the molecule is COCc1cc(/C(C)=N\NC(=O)c2cc(OC)cc(OC)c2)ccc1OC. The van der Waals surface area contributed by atoms with Crippen LogP contribution in [0.4, 0.5) is 0 Å². The topological polar surface area (TPSA) is 78.4 Å². The number of nitrogens with one attached hydrogen (secondary N) is 1. The van der Waals surface area contributed by atoms with Gasteiger partial charge in [-0.2, -0.15) is 5.10 Å². The monoisotopic (exact) mass is 372 g/mol. The molecule has 2 rings (SSSR count). The number of hydrogen-bond donors (Lipinski definition) is 1.